The number of rotatable bonds is 5. The Morgan fingerprint density at radius 3 is 2.28 bits per heavy atom. The first-order chi connectivity index (χ1) is 8.33. The van der Waals surface area contributed by atoms with Crippen molar-refractivity contribution in [3.05, 3.63) is 0 Å². The molecule has 1 aliphatic heterocycles. The molecule has 0 spiro atoms. The molecule has 0 aromatic rings. The molecule has 0 unspecified atom stereocenters. The summed E-state index contributed by atoms with van der Waals surface area (Å²) in [6.07, 6.45) is 2.39. The van der Waals surface area contributed by atoms with Gasteiger partial charge in [-0.2, -0.15) is 0 Å². The Kier molecular flexibility index (Phi) is 5.12. The Hall–Kier alpha value is -0.660. The van der Waals surface area contributed by atoms with Gasteiger partial charge < -0.3 is 9.47 Å². The van der Waals surface area contributed by atoms with Gasteiger partial charge in [-0.25, -0.2) is 12.7 Å². The first kappa shape index (κ1) is 15.4. The summed E-state index contributed by atoms with van der Waals surface area (Å²) in [5.74, 6) is -0.299. The summed E-state index contributed by atoms with van der Waals surface area (Å²) < 4.78 is 34.6. The Morgan fingerprint density at radius 1 is 1.33 bits per heavy atom. The van der Waals surface area contributed by atoms with E-state index in [4.69, 9.17) is 9.47 Å². The fraction of sp³-hybridized carbons (Fsp3) is 0.909. The lowest BCUT2D eigenvalue weighted by molar-refractivity contribution is -0.152. The van der Waals surface area contributed by atoms with E-state index in [0.717, 1.165) is 0 Å². The van der Waals surface area contributed by atoms with Crippen LogP contribution in [0, 0.1) is 0 Å². The van der Waals surface area contributed by atoms with E-state index in [-0.39, 0.29) is 12.4 Å². The molecule has 1 heterocycles. The van der Waals surface area contributed by atoms with Gasteiger partial charge in [0.1, 0.15) is 0 Å². The molecule has 18 heavy (non-hydrogen) atoms. The number of piperidine rings is 1. The van der Waals surface area contributed by atoms with Crippen LogP contribution in [0.3, 0.4) is 0 Å². The number of esters is 1. The topological polar surface area (TPSA) is 72.9 Å². The summed E-state index contributed by atoms with van der Waals surface area (Å²) in [6, 6.07) is 0. The van der Waals surface area contributed by atoms with E-state index < -0.39 is 15.6 Å². The SMILES string of the molecule is CCOC(=O)CC1(OC)CCN(S(C)(=O)=O)CC1. The average molecular weight is 279 g/mol. The molecular formula is C11H21NO5S. The highest BCUT2D eigenvalue weighted by Gasteiger charge is 2.39. The van der Waals surface area contributed by atoms with Gasteiger partial charge in [0.2, 0.25) is 10.0 Å². The van der Waals surface area contributed by atoms with Crippen molar-refractivity contribution in [1.82, 2.24) is 4.31 Å². The van der Waals surface area contributed by atoms with E-state index in [9.17, 15) is 13.2 Å². The van der Waals surface area contributed by atoms with Gasteiger partial charge in [-0.15, -0.1) is 0 Å². The molecule has 1 fully saturated rings. The van der Waals surface area contributed by atoms with Crippen LogP contribution in [0.4, 0.5) is 0 Å². The number of hydrogen-bond donors (Lipinski definition) is 0. The number of ether oxygens (including phenoxy) is 2. The van der Waals surface area contributed by atoms with Crippen molar-refractivity contribution in [2.75, 3.05) is 33.1 Å². The van der Waals surface area contributed by atoms with Crippen LogP contribution in [0.15, 0.2) is 0 Å². The molecule has 0 bridgehead atoms. The van der Waals surface area contributed by atoms with Gasteiger partial charge in [-0.3, -0.25) is 4.79 Å². The second-order valence-electron chi connectivity index (χ2n) is 4.53. The molecule has 0 radical (unpaired) electrons. The number of carbonyl (C=O) groups excluding carboxylic acids is 1. The third-order valence-corrected chi connectivity index (χ3v) is 4.61. The maximum absolute atomic E-state index is 11.5. The van der Waals surface area contributed by atoms with Gasteiger partial charge in [0.25, 0.3) is 0 Å². The van der Waals surface area contributed by atoms with Gasteiger partial charge in [0.15, 0.2) is 0 Å². The fourth-order valence-corrected chi connectivity index (χ4v) is 3.00. The number of hydrogen-bond acceptors (Lipinski definition) is 5. The summed E-state index contributed by atoms with van der Waals surface area (Å²) >= 11 is 0. The van der Waals surface area contributed by atoms with Crippen molar-refractivity contribution >= 4 is 16.0 Å². The highest BCUT2D eigenvalue weighted by Crippen LogP contribution is 2.30. The molecule has 0 N–H and O–H groups in total. The molecule has 1 saturated heterocycles. The fourth-order valence-electron chi connectivity index (χ4n) is 2.15. The van der Waals surface area contributed by atoms with Crippen LogP contribution in [0.1, 0.15) is 26.2 Å². The third kappa shape index (κ3) is 3.93. The maximum atomic E-state index is 11.5. The van der Waals surface area contributed by atoms with Crippen LogP contribution in [-0.2, 0) is 24.3 Å². The lowest BCUT2D eigenvalue weighted by Gasteiger charge is -2.39. The van der Waals surface area contributed by atoms with Crippen LogP contribution >= 0.6 is 0 Å². The number of sulfonamides is 1. The molecule has 6 nitrogen and oxygen atoms in total. The predicted octanol–water partition coefficient (Wildman–Crippen LogP) is 0.380. The van der Waals surface area contributed by atoms with E-state index >= 15 is 0 Å². The minimum absolute atomic E-state index is 0.176. The van der Waals surface area contributed by atoms with Crippen molar-refractivity contribution in [3.8, 4) is 0 Å². The van der Waals surface area contributed by atoms with E-state index in [0.29, 0.717) is 32.5 Å². The lowest BCUT2D eigenvalue weighted by Crippen LogP contribution is -2.48. The van der Waals surface area contributed by atoms with Crippen LogP contribution < -0.4 is 0 Å². The number of carbonyl (C=O) groups is 1. The Bertz CT molecular complexity index is 384. The molecule has 1 aliphatic rings. The van der Waals surface area contributed by atoms with Crippen molar-refractivity contribution in [1.29, 1.82) is 0 Å². The zero-order valence-corrected chi connectivity index (χ0v) is 12.0. The number of methoxy groups -OCH3 is 1. The molecule has 106 valence electrons. The van der Waals surface area contributed by atoms with Gasteiger partial charge in [0, 0.05) is 20.2 Å². The van der Waals surface area contributed by atoms with Crippen LogP contribution in [-0.4, -0.2) is 57.4 Å². The highest BCUT2D eigenvalue weighted by atomic mass is 32.2. The van der Waals surface area contributed by atoms with E-state index in [1.807, 2.05) is 0 Å². The van der Waals surface area contributed by atoms with Crippen molar-refractivity contribution in [2.45, 2.75) is 31.8 Å². The monoisotopic (exact) mass is 279 g/mol. The molecule has 0 aromatic heterocycles. The van der Waals surface area contributed by atoms with Crippen molar-refractivity contribution < 1.29 is 22.7 Å². The van der Waals surface area contributed by atoms with E-state index in [1.165, 1.54) is 10.6 Å². The second-order valence-corrected chi connectivity index (χ2v) is 6.51. The van der Waals surface area contributed by atoms with Gasteiger partial charge in [-0.1, -0.05) is 0 Å². The zero-order valence-electron chi connectivity index (χ0n) is 11.1. The van der Waals surface area contributed by atoms with E-state index in [1.54, 1.807) is 14.0 Å². The molecule has 0 amide bonds. The normalized spacial score (nSPS) is 20.6. The van der Waals surface area contributed by atoms with Crippen LogP contribution in [0.2, 0.25) is 0 Å². The quantitative estimate of drug-likeness (QED) is 0.680. The minimum Gasteiger partial charge on any atom is -0.466 e. The summed E-state index contributed by atoms with van der Waals surface area (Å²) in [6.45, 7) is 2.86. The molecular weight excluding hydrogens is 258 g/mol. The average Bonchev–Trinajstić information content (AvgIpc) is 2.28. The van der Waals surface area contributed by atoms with Crippen molar-refractivity contribution in [3.63, 3.8) is 0 Å². The van der Waals surface area contributed by atoms with Crippen molar-refractivity contribution in [2.24, 2.45) is 0 Å². The summed E-state index contributed by atoms with van der Waals surface area (Å²) in [7, 11) is -1.61. The molecule has 0 aromatic carbocycles. The summed E-state index contributed by atoms with van der Waals surface area (Å²) in [5.41, 5.74) is -0.590. The smallest absolute Gasteiger partial charge is 0.308 e. The Labute approximate surface area is 108 Å². The molecule has 0 aliphatic carbocycles. The van der Waals surface area contributed by atoms with Gasteiger partial charge in [-0.05, 0) is 19.8 Å². The Balaban J connectivity index is 2.63. The first-order valence-electron chi connectivity index (χ1n) is 5.99. The first-order valence-corrected chi connectivity index (χ1v) is 7.84. The van der Waals surface area contributed by atoms with E-state index in [2.05, 4.69) is 0 Å². The minimum atomic E-state index is -3.16. The summed E-state index contributed by atoms with van der Waals surface area (Å²) in [4.78, 5) is 11.5. The molecule has 1 rings (SSSR count). The van der Waals surface area contributed by atoms with Crippen LogP contribution in [0.5, 0.6) is 0 Å². The zero-order chi connectivity index (χ0) is 13.8. The van der Waals surface area contributed by atoms with Gasteiger partial charge in [0.05, 0.1) is 24.9 Å². The lowest BCUT2D eigenvalue weighted by atomic mass is 9.89. The largest absolute Gasteiger partial charge is 0.466 e. The maximum Gasteiger partial charge on any atom is 0.308 e. The molecule has 0 saturated carbocycles. The van der Waals surface area contributed by atoms with Crippen LogP contribution in [0.25, 0.3) is 0 Å². The highest BCUT2D eigenvalue weighted by molar-refractivity contribution is 7.88. The molecule has 7 heteroatoms. The summed E-state index contributed by atoms with van der Waals surface area (Å²) in [5, 5.41) is 0. The molecule has 0 atom stereocenters. The third-order valence-electron chi connectivity index (χ3n) is 3.31. The number of nitrogens with zero attached hydrogens (tertiary/aromatic N) is 1. The predicted molar refractivity (Wildman–Crippen MR) is 66.6 cm³/mol. The second kappa shape index (κ2) is 5.99. The Morgan fingerprint density at radius 2 is 1.89 bits per heavy atom. The van der Waals surface area contributed by atoms with Gasteiger partial charge >= 0.3 is 5.97 Å². The standard InChI is InChI=1S/C11H21NO5S/c1-4-17-10(13)9-11(16-2)5-7-12(8-6-11)18(3,14)15/h4-9H2,1-3H3.